The molecular formula is C21H25N3O3. The number of fused-ring (bicyclic) bond motifs is 1. The Balaban J connectivity index is 1.50. The number of likely N-dealkylation sites (tertiary alicyclic amines) is 1. The number of nitrogens with zero attached hydrogens (tertiary/aromatic N) is 3. The van der Waals surface area contributed by atoms with Crippen molar-refractivity contribution < 1.29 is 14.3 Å². The molecule has 0 N–H and O–H groups in total. The minimum atomic E-state index is -0.0325. The number of benzene rings is 1. The van der Waals surface area contributed by atoms with Gasteiger partial charge in [-0.3, -0.25) is 14.5 Å². The number of amides is 2. The highest BCUT2D eigenvalue weighted by molar-refractivity contribution is 6.14. The first-order chi connectivity index (χ1) is 13.2. The molecule has 0 aliphatic carbocycles. The standard InChI is InChI=1S/C21H25N3O3/c25-20(23-11-6-7-12-23)15-27-18-9-4-3-8-16(18)14-17-21(26)24-13-5-1-2-10-19(24)22-17/h3-4,8-9,14H,1-2,5-7,10-13,15H2/b17-14-. The minimum Gasteiger partial charge on any atom is -0.483 e. The molecule has 1 aromatic rings. The number of aliphatic imine (C=N–C) groups is 1. The highest BCUT2D eigenvalue weighted by Crippen LogP contribution is 2.27. The number of carbonyl (C=O) groups is 2. The Morgan fingerprint density at radius 1 is 1.07 bits per heavy atom. The number of para-hydroxylation sites is 1. The Hall–Kier alpha value is -2.63. The van der Waals surface area contributed by atoms with E-state index < -0.39 is 0 Å². The smallest absolute Gasteiger partial charge is 0.277 e. The Morgan fingerprint density at radius 2 is 1.85 bits per heavy atom. The lowest BCUT2D eigenvalue weighted by Gasteiger charge is -2.16. The first-order valence-electron chi connectivity index (χ1n) is 9.83. The van der Waals surface area contributed by atoms with Crippen molar-refractivity contribution in [2.75, 3.05) is 26.2 Å². The molecule has 0 bridgehead atoms. The summed E-state index contributed by atoms with van der Waals surface area (Å²) in [6, 6.07) is 7.48. The van der Waals surface area contributed by atoms with Crippen molar-refractivity contribution in [1.29, 1.82) is 0 Å². The Labute approximate surface area is 159 Å². The van der Waals surface area contributed by atoms with Gasteiger partial charge < -0.3 is 9.64 Å². The number of hydrogen-bond acceptors (Lipinski definition) is 4. The van der Waals surface area contributed by atoms with E-state index in [0.717, 1.165) is 69.6 Å². The molecule has 3 heterocycles. The van der Waals surface area contributed by atoms with E-state index in [1.165, 1.54) is 0 Å². The second-order valence-corrected chi connectivity index (χ2v) is 7.24. The van der Waals surface area contributed by atoms with Crippen molar-refractivity contribution in [3.63, 3.8) is 0 Å². The quantitative estimate of drug-likeness (QED) is 0.769. The molecule has 3 aliphatic rings. The summed E-state index contributed by atoms with van der Waals surface area (Å²) in [4.78, 5) is 33.1. The van der Waals surface area contributed by atoms with Crippen molar-refractivity contribution in [1.82, 2.24) is 9.80 Å². The van der Waals surface area contributed by atoms with Gasteiger partial charge >= 0.3 is 0 Å². The summed E-state index contributed by atoms with van der Waals surface area (Å²) < 4.78 is 5.79. The summed E-state index contributed by atoms with van der Waals surface area (Å²) in [5.74, 6) is 1.47. The van der Waals surface area contributed by atoms with Crippen LogP contribution in [0.2, 0.25) is 0 Å². The van der Waals surface area contributed by atoms with Crippen LogP contribution in [0.15, 0.2) is 35.0 Å². The maximum atomic E-state index is 12.7. The number of hydrogen-bond donors (Lipinski definition) is 0. The van der Waals surface area contributed by atoms with E-state index in [1.54, 1.807) is 11.0 Å². The van der Waals surface area contributed by atoms with Crippen LogP contribution in [-0.2, 0) is 9.59 Å². The second-order valence-electron chi connectivity index (χ2n) is 7.24. The van der Waals surface area contributed by atoms with E-state index in [-0.39, 0.29) is 18.4 Å². The first-order valence-corrected chi connectivity index (χ1v) is 9.83. The number of ether oxygens (including phenoxy) is 1. The number of rotatable bonds is 4. The van der Waals surface area contributed by atoms with E-state index in [1.807, 2.05) is 29.2 Å². The van der Waals surface area contributed by atoms with Crippen molar-refractivity contribution in [3.8, 4) is 5.75 Å². The van der Waals surface area contributed by atoms with Crippen molar-refractivity contribution in [2.24, 2.45) is 4.99 Å². The van der Waals surface area contributed by atoms with Crippen molar-refractivity contribution in [2.45, 2.75) is 38.5 Å². The minimum absolute atomic E-state index is 0.0144. The van der Waals surface area contributed by atoms with Crippen LogP contribution in [0.3, 0.4) is 0 Å². The summed E-state index contributed by atoms with van der Waals surface area (Å²) >= 11 is 0. The molecule has 0 spiro atoms. The van der Waals surface area contributed by atoms with Crippen LogP contribution in [0.25, 0.3) is 6.08 Å². The van der Waals surface area contributed by atoms with Gasteiger partial charge in [0.1, 0.15) is 17.3 Å². The Kier molecular flexibility index (Phi) is 5.23. The van der Waals surface area contributed by atoms with Crippen LogP contribution in [0.4, 0.5) is 0 Å². The lowest BCUT2D eigenvalue weighted by molar-refractivity contribution is -0.132. The lowest BCUT2D eigenvalue weighted by atomic mass is 10.1. The first kappa shape index (κ1) is 17.8. The van der Waals surface area contributed by atoms with Gasteiger partial charge in [0.05, 0.1) is 0 Å². The van der Waals surface area contributed by atoms with E-state index in [4.69, 9.17) is 4.74 Å². The van der Waals surface area contributed by atoms with E-state index in [9.17, 15) is 9.59 Å². The summed E-state index contributed by atoms with van der Waals surface area (Å²) in [5.41, 5.74) is 1.23. The molecule has 142 valence electrons. The fraction of sp³-hybridized carbons (Fsp3) is 0.476. The second kappa shape index (κ2) is 7.94. The molecule has 6 heteroatoms. The molecule has 6 nitrogen and oxygen atoms in total. The van der Waals surface area contributed by atoms with Gasteiger partial charge in [-0.1, -0.05) is 24.6 Å². The van der Waals surface area contributed by atoms with Gasteiger partial charge in [-0.2, -0.15) is 0 Å². The summed E-state index contributed by atoms with van der Waals surface area (Å²) in [7, 11) is 0. The summed E-state index contributed by atoms with van der Waals surface area (Å²) in [6.07, 6.45) is 8.00. The molecule has 0 radical (unpaired) electrons. The van der Waals surface area contributed by atoms with Gasteiger partial charge in [0.2, 0.25) is 0 Å². The van der Waals surface area contributed by atoms with Gasteiger partial charge in [0, 0.05) is 31.6 Å². The molecule has 4 rings (SSSR count). The van der Waals surface area contributed by atoms with Crippen LogP contribution in [0, 0.1) is 0 Å². The van der Waals surface area contributed by atoms with Gasteiger partial charge in [-0.15, -0.1) is 0 Å². The van der Waals surface area contributed by atoms with Crippen LogP contribution < -0.4 is 4.74 Å². The van der Waals surface area contributed by atoms with E-state index in [0.29, 0.717) is 11.4 Å². The van der Waals surface area contributed by atoms with Crippen molar-refractivity contribution in [3.05, 3.63) is 35.5 Å². The topological polar surface area (TPSA) is 62.2 Å². The zero-order valence-electron chi connectivity index (χ0n) is 15.5. The SMILES string of the molecule is O=C(COc1ccccc1/C=C1\N=C2CCCCCN2C1=O)N1CCCC1. The zero-order valence-corrected chi connectivity index (χ0v) is 15.5. The predicted octanol–water partition coefficient (Wildman–Crippen LogP) is 2.84. The third-order valence-corrected chi connectivity index (χ3v) is 5.33. The number of amidine groups is 1. The molecule has 0 saturated carbocycles. The average molecular weight is 367 g/mol. The normalized spacial score (nSPS) is 21.3. The molecule has 2 fully saturated rings. The monoisotopic (exact) mass is 367 g/mol. The third kappa shape index (κ3) is 3.89. The maximum Gasteiger partial charge on any atom is 0.277 e. The lowest BCUT2D eigenvalue weighted by Crippen LogP contribution is -2.32. The molecule has 2 amide bonds. The van der Waals surface area contributed by atoms with Gasteiger partial charge in [0.25, 0.3) is 11.8 Å². The molecule has 0 atom stereocenters. The summed E-state index contributed by atoms with van der Waals surface area (Å²) in [6.45, 7) is 2.40. The summed E-state index contributed by atoms with van der Waals surface area (Å²) in [5, 5.41) is 0. The van der Waals surface area contributed by atoms with Crippen molar-refractivity contribution >= 4 is 23.7 Å². The Morgan fingerprint density at radius 3 is 2.70 bits per heavy atom. The largest absolute Gasteiger partial charge is 0.483 e. The molecule has 1 aromatic carbocycles. The zero-order chi connectivity index (χ0) is 18.6. The van der Waals surface area contributed by atoms with Crippen LogP contribution in [0.5, 0.6) is 5.75 Å². The number of carbonyl (C=O) groups excluding carboxylic acids is 2. The molecule has 0 aromatic heterocycles. The fourth-order valence-corrected chi connectivity index (χ4v) is 3.82. The van der Waals surface area contributed by atoms with E-state index in [2.05, 4.69) is 4.99 Å². The Bertz CT molecular complexity index is 794. The maximum absolute atomic E-state index is 12.7. The van der Waals surface area contributed by atoms with Gasteiger partial charge in [-0.05, 0) is 37.8 Å². The molecule has 2 saturated heterocycles. The highest BCUT2D eigenvalue weighted by Gasteiger charge is 2.30. The molecule has 27 heavy (non-hydrogen) atoms. The van der Waals surface area contributed by atoms with Crippen LogP contribution >= 0.6 is 0 Å². The van der Waals surface area contributed by atoms with Gasteiger partial charge in [0.15, 0.2) is 6.61 Å². The predicted molar refractivity (Wildman–Crippen MR) is 103 cm³/mol. The highest BCUT2D eigenvalue weighted by atomic mass is 16.5. The van der Waals surface area contributed by atoms with Crippen LogP contribution in [-0.4, -0.2) is 53.7 Å². The fourth-order valence-electron chi connectivity index (χ4n) is 3.82. The van der Waals surface area contributed by atoms with Crippen LogP contribution in [0.1, 0.15) is 44.1 Å². The average Bonchev–Trinajstić information content (AvgIpc) is 3.24. The molecule has 0 unspecified atom stereocenters. The molecule has 3 aliphatic heterocycles. The third-order valence-electron chi connectivity index (χ3n) is 5.33. The van der Waals surface area contributed by atoms with Gasteiger partial charge in [-0.25, -0.2) is 4.99 Å². The van der Waals surface area contributed by atoms with E-state index >= 15 is 0 Å². The molecular weight excluding hydrogens is 342 g/mol.